The van der Waals surface area contributed by atoms with Crippen molar-refractivity contribution in [2.75, 3.05) is 6.61 Å². The molecule has 0 aromatic carbocycles. The number of carbonyl (C=O) groups is 1. The number of ketones is 1. The number of Topliss-reactive ketones (excluding diaryl/α,β-unsaturated/α-hetero) is 1. The highest BCUT2D eigenvalue weighted by atomic mass is 16.3. The summed E-state index contributed by atoms with van der Waals surface area (Å²) < 4.78 is 0. The molecule has 0 bridgehead atoms. The molecular weight excluding hydrogens is 304 g/mol. The maximum absolute atomic E-state index is 12.6. The van der Waals surface area contributed by atoms with Crippen LogP contribution in [0, 0.1) is 17.3 Å². The van der Waals surface area contributed by atoms with E-state index in [1.54, 1.807) is 26.0 Å². The highest BCUT2D eigenvalue weighted by Crippen LogP contribution is 2.32. The van der Waals surface area contributed by atoms with Crippen molar-refractivity contribution >= 4 is 5.78 Å². The molecular formula is C20H34O4. The molecule has 4 heteroatoms. The fourth-order valence-corrected chi connectivity index (χ4v) is 3.18. The van der Waals surface area contributed by atoms with Crippen LogP contribution in [0.15, 0.2) is 23.8 Å². The van der Waals surface area contributed by atoms with Crippen LogP contribution in [0.25, 0.3) is 0 Å². The first-order valence-electron chi connectivity index (χ1n) is 8.90. The average Bonchev–Trinajstić information content (AvgIpc) is 2.44. The normalized spacial score (nSPS) is 40.2. The zero-order valence-electron chi connectivity index (χ0n) is 15.7. The molecule has 0 saturated heterocycles. The van der Waals surface area contributed by atoms with Crippen LogP contribution < -0.4 is 0 Å². The van der Waals surface area contributed by atoms with Crippen molar-refractivity contribution in [2.24, 2.45) is 17.3 Å². The SMILES string of the molecule is C/C1=C\[C@@H](O)C[C@@](C)(O)/C=C/[C@H](C(C)C)CC[C@](C)(CO)C(=O)C1. The first-order valence-corrected chi connectivity index (χ1v) is 8.90. The van der Waals surface area contributed by atoms with E-state index in [1.165, 1.54) is 0 Å². The first kappa shape index (κ1) is 21.1. The Morgan fingerprint density at radius 1 is 1.33 bits per heavy atom. The zero-order valence-corrected chi connectivity index (χ0v) is 15.7. The summed E-state index contributed by atoms with van der Waals surface area (Å²) in [7, 11) is 0. The first-order chi connectivity index (χ1) is 11.0. The van der Waals surface area contributed by atoms with E-state index < -0.39 is 17.1 Å². The standard InChI is InChI=1S/C20H34O4/c1-14(2)16-6-8-19(4,13-21)18(23)11-15(3)10-17(22)12-20(5,24)9-7-16/h7,9-10,14,16-17,21-22,24H,6,8,11-13H2,1-5H3/b9-7+,15-10+/t16-,17-,19-,20+/m1/s1. The summed E-state index contributed by atoms with van der Waals surface area (Å²) >= 11 is 0. The van der Waals surface area contributed by atoms with Crippen molar-refractivity contribution in [3.63, 3.8) is 0 Å². The molecule has 0 radical (unpaired) electrons. The zero-order chi connectivity index (χ0) is 18.5. The van der Waals surface area contributed by atoms with Crippen LogP contribution in [0.2, 0.25) is 0 Å². The van der Waals surface area contributed by atoms with Gasteiger partial charge >= 0.3 is 0 Å². The van der Waals surface area contributed by atoms with Gasteiger partial charge in [0.25, 0.3) is 0 Å². The Morgan fingerprint density at radius 2 is 1.96 bits per heavy atom. The van der Waals surface area contributed by atoms with Crippen LogP contribution in [-0.2, 0) is 4.79 Å². The second-order valence-electron chi connectivity index (χ2n) is 8.27. The van der Waals surface area contributed by atoms with Crippen LogP contribution in [-0.4, -0.2) is 39.4 Å². The van der Waals surface area contributed by atoms with E-state index in [0.717, 1.165) is 12.0 Å². The molecule has 0 saturated carbocycles. The van der Waals surface area contributed by atoms with Crippen LogP contribution in [0.3, 0.4) is 0 Å². The van der Waals surface area contributed by atoms with E-state index >= 15 is 0 Å². The summed E-state index contributed by atoms with van der Waals surface area (Å²) in [5.41, 5.74) is -1.09. The maximum Gasteiger partial charge on any atom is 0.145 e. The second-order valence-corrected chi connectivity index (χ2v) is 8.27. The summed E-state index contributed by atoms with van der Waals surface area (Å²) in [5.74, 6) is 0.579. The Bertz CT molecular complexity index is 490. The summed E-state index contributed by atoms with van der Waals surface area (Å²) in [6, 6.07) is 0. The smallest absolute Gasteiger partial charge is 0.145 e. The van der Waals surface area contributed by atoms with Gasteiger partial charge < -0.3 is 15.3 Å². The topological polar surface area (TPSA) is 77.8 Å². The lowest BCUT2D eigenvalue weighted by Crippen LogP contribution is -2.32. The molecule has 0 aromatic rings. The minimum atomic E-state index is -1.10. The molecule has 3 N–H and O–H groups in total. The molecule has 0 unspecified atom stereocenters. The third-order valence-electron chi connectivity index (χ3n) is 5.15. The summed E-state index contributed by atoms with van der Waals surface area (Å²) in [5, 5.41) is 30.5. The van der Waals surface area contributed by atoms with Gasteiger partial charge in [0.1, 0.15) is 5.78 Å². The third kappa shape index (κ3) is 6.15. The van der Waals surface area contributed by atoms with Crippen molar-refractivity contribution in [1.29, 1.82) is 0 Å². The lowest BCUT2D eigenvalue weighted by molar-refractivity contribution is -0.130. The molecule has 0 aromatic heterocycles. The molecule has 1 rings (SSSR count). The fourth-order valence-electron chi connectivity index (χ4n) is 3.18. The van der Waals surface area contributed by atoms with Gasteiger partial charge in [0.15, 0.2) is 0 Å². The molecule has 0 amide bonds. The second kappa shape index (κ2) is 8.41. The van der Waals surface area contributed by atoms with Gasteiger partial charge in [0.05, 0.1) is 18.3 Å². The molecule has 1 aliphatic rings. The Morgan fingerprint density at radius 3 is 2.50 bits per heavy atom. The van der Waals surface area contributed by atoms with Crippen molar-refractivity contribution in [3.05, 3.63) is 23.8 Å². The van der Waals surface area contributed by atoms with E-state index in [-0.39, 0.29) is 31.1 Å². The highest BCUT2D eigenvalue weighted by Gasteiger charge is 2.33. The third-order valence-corrected chi connectivity index (χ3v) is 5.15. The van der Waals surface area contributed by atoms with Gasteiger partial charge in [-0.2, -0.15) is 0 Å². The summed E-state index contributed by atoms with van der Waals surface area (Å²) in [4.78, 5) is 12.6. The molecule has 138 valence electrons. The van der Waals surface area contributed by atoms with Crippen LogP contribution in [0.1, 0.15) is 60.3 Å². The fraction of sp³-hybridized carbons (Fsp3) is 0.750. The number of allylic oxidation sites excluding steroid dienone is 2. The predicted molar refractivity (Wildman–Crippen MR) is 96.5 cm³/mol. The minimum absolute atomic E-state index is 0.00319. The Hall–Kier alpha value is -0.970. The van der Waals surface area contributed by atoms with E-state index in [4.69, 9.17) is 0 Å². The summed E-state index contributed by atoms with van der Waals surface area (Å²) in [6.07, 6.45) is 6.37. The van der Waals surface area contributed by atoms with Crippen LogP contribution in [0.5, 0.6) is 0 Å². The van der Waals surface area contributed by atoms with Crippen molar-refractivity contribution in [1.82, 2.24) is 0 Å². The molecule has 4 atom stereocenters. The van der Waals surface area contributed by atoms with E-state index in [9.17, 15) is 20.1 Å². The van der Waals surface area contributed by atoms with Crippen LogP contribution in [0.4, 0.5) is 0 Å². The number of aliphatic hydroxyl groups excluding tert-OH is 2. The maximum atomic E-state index is 12.6. The van der Waals surface area contributed by atoms with Crippen molar-refractivity contribution in [3.8, 4) is 0 Å². The Balaban J connectivity index is 3.18. The van der Waals surface area contributed by atoms with E-state index in [1.807, 2.05) is 13.0 Å². The van der Waals surface area contributed by atoms with Crippen LogP contribution >= 0.6 is 0 Å². The van der Waals surface area contributed by atoms with Gasteiger partial charge in [0.2, 0.25) is 0 Å². The highest BCUT2D eigenvalue weighted by molar-refractivity contribution is 5.86. The van der Waals surface area contributed by atoms with Gasteiger partial charge in [-0.1, -0.05) is 44.6 Å². The molecule has 4 nitrogen and oxygen atoms in total. The Labute approximate surface area is 146 Å². The molecule has 0 spiro atoms. The van der Waals surface area contributed by atoms with Crippen molar-refractivity contribution in [2.45, 2.75) is 72.0 Å². The van der Waals surface area contributed by atoms with Gasteiger partial charge in [-0.05, 0) is 38.5 Å². The quantitative estimate of drug-likeness (QED) is 0.676. The lowest BCUT2D eigenvalue weighted by atomic mass is 9.76. The van der Waals surface area contributed by atoms with Gasteiger partial charge in [-0.15, -0.1) is 0 Å². The number of hydrogen-bond acceptors (Lipinski definition) is 4. The number of aliphatic hydroxyl groups is 3. The lowest BCUT2D eigenvalue weighted by Gasteiger charge is -2.29. The number of carbonyl (C=O) groups excluding carboxylic acids is 1. The molecule has 0 fully saturated rings. The minimum Gasteiger partial charge on any atom is -0.395 e. The molecule has 0 aliphatic heterocycles. The van der Waals surface area contributed by atoms with Gasteiger partial charge in [-0.25, -0.2) is 0 Å². The summed E-state index contributed by atoms with van der Waals surface area (Å²) in [6.45, 7) is 9.36. The predicted octanol–water partition coefficient (Wildman–Crippen LogP) is 3.01. The largest absolute Gasteiger partial charge is 0.395 e. The van der Waals surface area contributed by atoms with E-state index in [2.05, 4.69) is 13.8 Å². The molecule has 0 heterocycles. The van der Waals surface area contributed by atoms with Gasteiger partial charge in [-0.3, -0.25) is 4.79 Å². The van der Waals surface area contributed by atoms with E-state index in [0.29, 0.717) is 12.3 Å². The van der Waals surface area contributed by atoms with Gasteiger partial charge in [0, 0.05) is 18.3 Å². The average molecular weight is 338 g/mol. The number of hydrogen-bond donors (Lipinski definition) is 3. The van der Waals surface area contributed by atoms with Crippen molar-refractivity contribution < 1.29 is 20.1 Å². The number of rotatable bonds is 2. The molecule has 24 heavy (non-hydrogen) atoms. The Kier molecular flexibility index (Phi) is 7.39. The monoisotopic (exact) mass is 338 g/mol. The molecule has 1 aliphatic carbocycles.